The zero-order chi connectivity index (χ0) is 19.9. The molecular formula is C28H27Ti-. The summed E-state index contributed by atoms with van der Waals surface area (Å²) in [6.45, 7) is 4.18. The normalized spacial score (nSPS) is 16.1. The molecule has 0 aromatic heterocycles. The first kappa shape index (κ1) is 25.7. The predicted octanol–water partition coefficient (Wildman–Crippen LogP) is 6.93. The van der Waals surface area contributed by atoms with Gasteiger partial charge in [-0.05, 0) is 64.2 Å². The predicted molar refractivity (Wildman–Crippen MR) is 121 cm³/mol. The van der Waals surface area contributed by atoms with Gasteiger partial charge in [0.15, 0.2) is 0 Å². The Morgan fingerprint density at radius 3 is 1.38 bits per heavy atom. The molecule has 2 aliphatic carbocycles. The molecule has 0 atom stereocenters. The smallest absolute Gasteiger partial charge is 0 e. The Kier molecular flexibility index (Phi) is 14.5. The second kappa shape index (κ2) is 16.4. The van der Waals surface area contributed by atoms with Gasteiger partial charge in [0.1, 0.15) is 0 Å². The molecule has 144 valence electrons. The van der Waals surface area contributed by atoms with E-state index in [1.54, 1.807) is 0 Å². The number of hydrogen-bond acceptors (Lipinski definition) is 0. The average Bonchev–Trinajstić information content (AvgIpc) is 3.52. The van der Waals surface area contributed by atoms with Crippen molar-refractivity contribution >= 4 is 5.57 Å². The summed E-state index contributed by atoms with van der Waals surface area (Å²) in [5.74, 6) is 0. The fourth-order valence-electron chi connectivity index (χ4n) is 2.45. The zero-order valence-electron chi connectivity index (χ0n) is 17.1. The van der Waals surface area contributed by atoms with Crippen LogP contribution in [0.25, 0.3) is 5.57 Å². The third kappa shape index (κ3) is 10.8. The molecule has 0 bridgehead atoms. The molecule has 0 amide bonds. The van der Waals surface area contributed by atoms with E-state index in [-0.39, 0.29) is 21.7 Å². The minimum Gasteiger partial charge on any atom is -0.123 e. The molecule has 10 radical (unpaired) electrons. The van der Waals surface area contributed by atoms with Crippen molar-refractivity contribution in [2.24, 2.45) is 0 Å². The minimum atomic E-state index is 0. The van der Waals surface area contributed by atoms with E-state index in [0.717, 1.165) is 11.1 Å². The molecule has 0 nitrogen and oxygen atoms in total. The molecule has 4 rings (SSSR count). The second-order valence-corrected chi connectivity index (χ2v) is 6.13. The van der Waals surface area contributed by atoms with Gasteiger partial charge in [0.05, 0.1) is 0 Å². The Labute approximate surface area is 194 Å². The third-order valence-electron chi connectivity index (χ3n) is 4.04. The first-order valence-electron chi connectivity index (χ1n) is 9.52. The van der Waals surface area contributed by atoms with E-state index < -0.39 is 0 Å². The molecule has 2 aromatic rings. The summed E-state index contributed by atoms with van der Waals surface area (Å²) in [6.07, 6.45) is 25.6. The van der Waals surface area contributed by atoms with Gasteiger partial charge < -0.3 is 0 Å². The number of rotatable bonds is 3. The fraction of sp³-hybridized carbons (Fsp3) is 0.0714. The molecule has 0 N–H and O–H groups in total. The zero-order valence-corrected chi connectivity index (χ0v) is 18.7. The van der Waals surface area contributed by atoms with Crippen molar-refractivity contribution in [3.05, 3.63) is 154 Å². The van der Waals surface area contributed by atoms with Gasteiger partial charge in [-0.3, -0.25) is 0 Å². The quantitative estimate of drug-likeness (QED) is 0.222. The van der Waals surface area contributed by atoms with Crippen molar-refractivity contribution in [2.45, 2.75) is 13.8 Å². The minimum absolute atomic E-state index is 0. The number of hydrogen-bond donors (Lipinski definition) is 0. The van der Waals surface area contributed by atoms with Crippen LogP contribution in [0.4, 0.5) is 0 Å². The SMILES string of the molecule is C/C=C(/C)C(=[C-]c1ccccc1)c1ccccc1.[CH]1[CH][CH][CH][CH]1.[CH]1[CH][CH][CH][CH]1.[Ti]. The molecule has 0 heterocycles. The summed E-state index contributed by atoms with van der Waals surface area (Å²) in [4.78, 5) is 0. The maximum atomic E-state index is 3.49. The fourth-order valence-corrected chi connectivity index (χ4v) is 2.45. The Bertz CT molecular complexity index is 664. The average molecular weight is 411 g/mol. The van der Waals surface area contributed by atoms with E-state index in [4.69, 9.17) is 0 Å². The molecule has 0 spiro atoms. The van der Waals surface area contributed by atoms with Gasteiger partial charge in [-0.2, -0.15) is 0 Å². The van der Waals surface area contributed by atoms with Crippen LogP contribution in [0, 0.1) is 70.3 Å². The van der Waals surface area contributed by atoms with E-state index in [2.05, 4.69) is 62.4 Å². The molecule has 2 aliphatic rings. The van der Waals surface area contributed by atoms with Crippen LogP contribution in [0.1, 0.15) is 25.0 Å². The van der Waals surface area contributed by atoms with E-state index >= 15 is 0 Å². The first-order valence-corrected chi connectivity index (χ1v) is 9.52. The van der Waals surface area contributed by atoms with Crippen LogP contribution in [-0.2, 0) is 21.7 Å². The summed E-state index contributed by atoms with van der Waals surface area (Å²) >= 11 is 0. The van der Waals surface area contributed by atoms with Crippen LogP contribution in [0.15, 0.2) is 72.3 Å². The van der Waals surface area contributed by atoms with Crippen molar-refractivity contribution in [1.29, 1.82) is 0 Å². The summed E-state index contributed by atoms with van der Waals surface area (Å²) in [5, 5.41) is 0. The van der Waals surface area contributed by atoms with Crippen LogP contribution >= 0.6 is 0 Å². The molecular weight excluding hydrogens is 384 g/mol. The van der Waals surface area contributed by atoms with Crippen LogP contribution in [0.3, 0.4) is 0 Å². The van der Waals surface area contributed by atoms with Crippen molar-refractivity contribution in [3.8, 4) is 0 Å². The van der Waals surface area contributed by atoms with Crippen LogP contribution < -0.4 is 0 Å². The maximum Gasteiger partial charge on any atom is 0 e. The third-order valence-corrected chi connectivity index (χ3v) is 4.04. The van der Waals surface area contributed by atoms with Crippen LogP contribution in [0.5, 0.6) is 0 Å². The summed E-state index contributed by atoms with van der Waals surface area (Å²) in [6, 6.07) is 20.7. The monoisotopic (exact) mass is 411 g/mol. The molecule has 29 heavy (non-hydrogen) atoms. The molecule has 0 aliphatic heterocycles. The summed E-state index contributed by atoms with van der Waals surface area (Å²) < 4.78 is 0. The standard InChI is InChI=1S/C18H17.2C5H5.Ti/c1-3-15(2)18(17-12-8-5-9-13-17)14-16-10-6-4-7-11-16;2*1-2-4-5-3-1;/h3-13H,1-2H3;2*1-5H;/q-1;;;/b15-3-;;;. The van der Waals surface area contributed by atoms with Crippen LogP contribution in [0.2, 0.25) is 0 Å². The molecule has 1 heteroatoms. The molecule has 0 saturated heterocycles. The van der Waals surface area contributed by atoms with Gasteiger partial charge in [0.2, 0.25) is 0 Å². The first-order chi connectivity index (χ1) is 13.8. The molecule has 2 aromatic carbocycles. The Balaban J connectivity index is 0.000000311. The van der Waals surface area contributed by atoms with E-state index in [1.807, 2.05) is 88.5 Å². The van der Waals surface area contributed by atoms with Crippen molar-refractivity contribution in [2.75, 3.05) is 0 Å². The molecule has 0 unspecified atom stereocenters. The van der Waals surface area contributed by atoms with Gasteiger partial charge >= 0.3 is 0 Å². The summed E-state index contributed by atoms with van der Waals surface area (Å²) in [7, 11) is 0. The molecule has 2 fully saturated rings. The number of benzene rings is 2. The molecule has 2 saturated carbocycles. The van der Waals surface area contributed by atoms with Gasteiger partial charge in [-0.15, -0.1) is 41.0 Å². The van der Waals surface area contributed by atoms with Crippen molar-refractivity contribution in [1.82, 2.24) is 0 Å². The maximum absolute atomic E-state index is 3.49. The largest absolute Gasteiger partial charge is 0.123 e. The summed E-state index contributed by atoms with van der Waals surface area (Å²) in [5.41, 5.74) is 4.71. The van der Waals surface area contributed by atoms with E-state index in [0.29, 0.717) is 0 Å². The van der Waals surface area contributed by atoms with Gasteiger partial charge in [-0.25, -0.2) is 0 Å². The second-order valence-electron chi connectivity index (χ2n) is 6.13. The van der Waals surface area contributed by atoms with Gasteiger partial charge in [-0.1, -0.05) is 67.9 Å². The number of allylic oxidation sites excluding steroid dienone is 3. The Hall–Kier alpha value is -1.37. The van der Waals surface area contributed by atoms with E-state index in [9.17, 15) is 0 Å². The Morgan fingerprint density at radius 2 is 1.00 bits per heavy atom. The topological polar surface area (TPSA) is 0 Å². The van der Waals surface area contributed by atoms with Crippen molar-refractivity contribution in [3.63, 3.8) is 0 Å². The van der Waals surface area contributed by atoms with Crippen LogP contribution in [-0.4, -0.2) is 0 Å². The van der Waals surface area contributed by atoms with Gasteiger partial charge in [0, 0.05) is 21.7 Å². The Morgan fingerprint density at radius 1 is 0.621 bits per heavy atom. The van der Waals surface area contributed by atoms with Crippen molar-refractivity contribution < 1.29 is 21.7 Å². The van der Waals surface area contributed by atoms with E-state index in [1.165, 1.54) is 11.1 Å². The van der Waals surface area contributed by atoms with Gasteiger partial charge in [0.25, 0.3) is 0 Å².